The van der Waals surface area contributed by atoms with Crippen LogP contribution in [0.15, 0.2) is 72.9 Å². The molecule has 55 heavy (non-hydrogen) atoms. The molecule has 3 N–H and O–H groups in total. The van der Waals surface area contributed by atoms with Gasteiger partial charge in [0.25, 0.3) is 0 Å². The molecule has 0 aromatic carbocycles. The fourth-order valence-electron chi connectivity index (χ4n) is 5.07. The summed E-state index contributed by atoms with van der Waals surface area (Å²) in [7, 11) is -4.64. The third-order valence-electron chi connectivity index (χ3n) is 8.33. The van der Waals surface area contributed by atoms with Gasteiger partial charge in [0.15, 0.2) is 6.10 Å². The molecule has 0 saturated carbocycles. The maximum absolute atomic E-state index is 12.6. The van der Waals surface area contributed by atoms with Crippen molar-refractivity contribution in [1.29, 1.82) is 0 Å². The molecule has 0 fully saturated rings. The minimum Gasteiger partial charge on any atom is -0.462 e. The number of rotatable bonds is 38. The molecule has 0 aromatic rings. The van der Waals surface area contributed by atoms with Crippen molar-refractivity contribution >= 4 is 19.8 Å². The second-order valence-electron chi connectivity index (χ2n) is 13.7. The van der Waals surface area contributed by atoms with Gasteiger partial charge < -0.3 is 24.6 Å². The Labute approximate surface area is 333 Å². The van der Waals surface area contributed by atoms with Crippen molar-refractivity contribution in [2.24, 2.45) is 0 Å². The lowest BCUT2D eigenvalue weighted by Crippen LogP contribution is -2.29. The third-order valence-corrected chi connectivity index (χ3v) is 9.28. The van der Waals surface area contributed by atoms with Gasteiger partial charge in [0.1, 0.15) is 12.7 Å². The first-order valence-electron chi connectivity index (χ1n) is 20.9. The molecular formula is C44H75O10P. The van der Waals surface area contributed by atoms with Crippen molar-refractivity contribution in [2.45, 2.75) is 167 Å². The molecule has 0 saturated heterocycles. The highest BCUT2D eigenvalue weighted by Crippen LogP contribution is 2.43. The lowest BCUT2D eigenvalue weighted by Gasteiger charge is -2.20. The molecule has 0 heterocycles. The Hall–Kier alpha value is -2.59. The molecule has 10 nitrogen and oxygen atoms in total. The molecule has 0 radical (unpaired) electrons. The van der Waals surface area contributed by atoms with E-state index in [9.17, 15) is 24.2 Å². The number of aliphatic hydroxyl groups excluding tert-OH is 2. The zero-order chi connectivity index (χ0) is 40.5. The average Bonchev–Trinajstić information content (AvgIpc) is 3.17. The summed E-state index contributed by atoms with van der Waals surface area (Å²) in [6.45, 7) is 2.22. The van der Waals surface area contributed by atoms with Crippen LogP contribution in [0.1, 0.15) is 155 Å². The largest absolute Gasteiger partial charge is 0.472 e. The van der Waals surface area contributed by atoms with Gasteiger partial charge in [-0.3, -0.25) is 18.6 Å². The van der Waals surface area contributed by atoms with Crippen LogP contribution in [0.5, 0.6) is 0 Å². The van der Waals surface area contributed by atoms with Gasteiger partial charge in [-0.25, -0.2) is 4.57 Å². The van der Waals surface area contributed by atoms with Crippen LogP contribution >= 0.6 is 7.82 Å². The summed E-state index contributed by atoms with van der Waals surface area (Å²) in [5, 5.41) is 18.3. The van der Waals surface area contributed by atoms with E-state index >= 15 is 0 Å². The van der Waals surface area contributed by atoms with Crippen LogP contribution < -0.4 is 0 Å². The summed E-state index contributed by atoms with van der Waals surface area (Å²) in [6.07, 6.45) is 44.4. The predicted molar refractivity (Wildman–Crippen MR) is 223 cm³/mol. The molecule has 0 amide bonds. The van der Waals surface area contributed by atoms with Crippen molar-refractivity contribution in [3.05, 3.63) is 72.9 Å². The summed E-state index contributed by atoms with van der Waals surface area (Å²) in [5.41, 5.74) is 0. The van der Waals surface area contributed by atoms with Gasteiger partial charge in [-0.2, -0.15) is 0 Å². The predicted octanol–water partition coefficient (Wildman–Crippen LogP) is 10.9. The van der Waals surface area contributed by atoms with E-state index in [4.69, 9.17) is 19.1 Å². The Morgan fingerprint density at radius 3 is 1.47 bits per heavy atom. The molecule has 0 aromatic heterocycles. The van der Waals surface area contributed by atoms with Gasteiger partial charge in [-0.05, 0) is 83.5 Å². The molecule has 0 aliphatic heterocycles. The van der Waals surface area contributed by atoms with E-state index in [2.05, 4.69) is 79.1 Å². The molecule has 0 aliphatic carbocycles. The quantitative estimate of drug-likeness (QED) is 0.0239. The topological polar surface area (TPSA) is 149 Å². The van der Waals surface area contributed by atoms with E-state index in [1.165, 1.54) is 38.5 Å². The van der Waals surface area contributed by atoms with Crippen molar-refractivity contribution < 1.29 is 47.8 Å². The number of aliphatic hydroxyl groups is 2. The summed E-state index contributed by atoms with van der Waals surface area (Å²) in [4.78, 5) is 34.9. The lowest BCUT2D eigenvalue weighted by molar-refractivity contribution is -0.161. The highest BCUT2D eigenvalue weighted by molar-refractivity contribution is 7.47. The zero-order valence-corrected chi connectivity index (χ0v) is 35.0. The molecule has 0 bridgehead atoms. The first kappa shape index (κ1) is 52.4. The van der Waals surface area contributed by atoms with E-state index in [1.807, 2.05) is 12.2 Å². The normalized spacial score (nSPS) is 14.6. The molecule has 1 unspecified atom stereocenters. The van der Waals surface area contributed by atoms with E-state index < -0.39 is 51.8 Å². The number of hydrogen-bond donors (Lipinski definition) is 3. The Bertz CT molecular complexity index is 1140. The fourth-order valence-corrected chi connectivity index (χ4v) is 5.86. The molecule has 0 aliphatic rings. The van der Waals surface area contributed by atoms with Gasteiger partial charge in [-0.15, -0.1) is 0 Å². The van der Waals surface area contributed by atoms with Crippen LogP contribution in [0.2, 0.25) is 0 Å². The third kappa shape index (κ3) is 39.4. The fraction of sp³-hybridized carbons (Fsp3) is 0.682. The smallest absolute Gasteiger partial charge is 0.462 e. The number of carbonyl (C=O) groups is 2. The first-order chi connectivity index (χ1) is 26.7. The Morgan fingerprint density at radius 2 is 0.964 bits per heavy atom. The lowest BCUT2D eigenvalue weighted by atomic mass is 10.1. The number of unbranched alkanes of at least 4 members (excludes halogenated alkanes) is 12. The Balaban J connectivity index is 4.46. The summed E-state index contributed by atoms with van der Waals surface area (Å²) < 4.78 is 32.6. The van der Waals surface area contributed by atoms with Gasteiger partial charge in [0, 0.05) is 12.8 Å². The minimum absolute atomic E-state index is 0.102. The summed E-state index contributed by atoms with van der Waals surface area (Å²) in [6, 6.07) is 0. The number of esters is 2. The van der Waals surface area contributed by atoms with E-state index in [0.717, 1.165) is 70.6 Å². The SMILES string of the molecule is CCCCC/C=C/C/C=C/C/C=C/C/C=C/CCCC(=O)O[C@H](COC(=O)CCCCCCC/C=C/C/C=C/CCCCC)COP(=O)(O)OC[C@@H](O)CO. The number of allylic oxidation sites excluding steroid dienone is 12. The van der Waals surface area contributed by atoms with Crippen LogP contribution in [-0.4, -0.2) is 65.7 Å². The maximum atomic E-state index is 12.6. The molecule has 3 atom stereocenters. The highest BCUT2D eigenvalue weighted by atomic mass is 31.2. The van der Waals surface area contributed by atoms with Crippen LogP contribution in [0, 0.1) is 0 Å². The maximum Gasteiger partial charge on any atom is 0.472 e. The minimum atomic E-state index is -4.64. The molecule has 0 rings (SSSR count). The van der Waals surface area contributed by atoms with Crippen LogP contribution in [0.25, 0.3) is 0 Å². The van der Waals surface area contributed by atoms with E-state index in [-0.39, 0.29) is 19.4 Å². The molecule has 0 spiro atoms. The van der Waals surface area contributed by atoms with Gasteiger partial charge in [-0.1, -0.05) is 132 Å². The Kier molecular flexibility index (Phi) is 37.8. The monoisotopic (exact) mass is 795 g/mol. The summed E-state index contributed by atoms with van der Waals surface area (Å²) >= 11 is 0. The first-order valence-corrected chi connectivity index (χ1v) is 22.4. The van der Waals surface area contributed by atoms with Crippen LogP contribution in [-0.2, 0) is 32.7 Å². The van der Waals surface area contributed by atoms with E-state index in [0.29, 0.717) is 19.3 Å². The molecular weight excluding hydrogens is 719 g/mol. The number of ether oxygens (including phenoxy) is 2. The zero-order valence-electron chi connectivity index (χ0n) is 34.1. The molecule has 316 valence electrons. The molecule has 11 heteroatoms. The Morgan fingerprint density at radius 1 is 0.545 bits per heavy atom. The van der Waals surface area contributed by atoms with Gasteiger partial charge in [0.05, 0.1) is 19.8 Å². The van der Waals surface area contributed by atoms with Crippen molar-refractivity contribution in [1.82, 2.24) is 0 Å². The second-order valence-corrected chi connectivity index (χ2v) is 15.1. The average molecular weight is 795 g/mol. The highest BCUT2D eigenvalue weighted by Gasteiger charge is 2.27. The van der Waals surface area contributed by atoms with Crippen LogP contribution in [0.3, 0.4) is 0 Å². The van der Waals surface area contributed by atoms with Crippen molar-refractivity contribution in [3.63, 3.8) is 0 Å². The van der Waals surface area contributed by atoms with Gasteiger partial charge in [0.2, 0.25) is 0 Å². The number of phosphoric ester groups is 1. The van der Waals surface area contributed by atoms with Crippen molar-refractivity contribution in [2.75, 3.05) is 26.4 Å². The number of hydrogen-bond acceptors (Lipinski definition) is 9. The second kappa shape index (κ2) is 39.6. The van der Waals surface area contributed by atoms with Crippen LogP contribution in [0.4, 0.5) is 0 Å². The number of carbonyl (C=O) groups excluding carboxylic acids is 2. The number of phosphoric acid groups is 1. The summed E-state index contributed by atoms with van der Waals surface area (Å²) in [5.74, 6) is -1.01. The van der Waals surface area contributed by atoms with Crippen molar-refractivity contribution in [3.8, 4) is 0 Å². The van der Waals surface area contributed by atoms with E-state index in [1.54, 1.807) is 0 Å². The van der Waals surface area contributed by atoms with Gasteiger partial charge >= 0.3 is 19.8 Å². The standard InChI is InChI=1S/C44H75O10P/c1-3-5-7-9-11-13-15-17-19-20-22-24-26-28-30-32-34-36-44(48)54-42(40-53-55(49,50)52-38-41(46)37-45)39-51-43(47)35-33-31-29-27-25-23-21-18-16-14-12-10-8-6-4-2/h11-14,17-19,21-22,24,28,30,41-42,45-46H,3-10,15-16,20,23,25-27,29,31-40H2,1-2H3,(H,49,50)/b13-11+,14-12+,19-17+,21-18+,24-22+,30-28+/t41-,42+/m0/s1.